The van der Waals surface area contributed by atoms with E-state index in [9.17, 15) is 9.59 Å². The average molecular weight is 334 g/mol. The highest BCUT2D eigenvalue weighted by Crippen LogP contribution is 2.29. The quantitative estimate of drug-likeness (QED) is 0.523. The Kier molecular flexibility index (Phi) is 5.16. The van der Waals surface area contributed by atoms with Gasteiger partial charge in [0.1, 0.15) is 0 Å². The van der Waals surface area contributed by atoms with Crippen LogP contribution in [0.5, 0.6) is 0 Å². The fourth-order valence-electron chi connectivity index (χ4n) is 1.49. The van der Waals surface area contributed by atoms with E-state index in [-0.39, 0.29) is 10.6 Å². The van der Waals surface area contributed by atoms with E-state index in [1.807, 2.05) is 13.8 Å². The van der Waals surface area contributed by atoms with Gasteiger partial charge in [-0.15, -0.1) is 0 Å². The number of hydrogen-bond donors (Lipinski definition) is 1. The van der Waals surface area contributed by atoms with E-state index in [1.54, 1.807) is 0 Å². The van der Waals surface area contributed by atoms with Crippen molar-refractivity contribution in [3.8, 4) is 0 Å². The van der Waals surface area contributed by atoms with E-state index in [0.717, 1.165) is 0 Å². The molecule has 1 aromatic carbocycles. The molecule has 0 aliphatic carbocycles. The van der Waals surface area contributed by atoms with Crippen LogP contribution in [0, 0.1) is 0 Å². The number of halogens is 2. The lowest BCUT2D eigenvalue weighted by Gasteiger charge is -2.17. The molecule has 0 atom stereocenters. The molecular formula is C12H14BrClN2O2. The highest BCUT2D eigenvalue weighted by Gasteiger charge is 2.22. The van der Waals surface area contributed by atoms with Crippen molar-refractivity contribution in [2.45, 2.75) is 13.8 Å². The van der Waals surface area contributed by atoms with Gasteiger partial charge >= 0.3 is 0 Å². The van der Waals surface area contributed by atoms with Crippen molar-refractivity contribution in [2.24, 2.45) is 0 Å². The van der Waals surface area contributed by atoms with Crippen molar-refractivity contribution in [1.29, 1.82) is 0 Å². The van der Waals surface area contributed by atoms with Gasteiger partial charge in [-0.1, -0.05) is 11.6 Å². The molecule has 0 radical (unpaired) electrons. The molecule has 0 fully saturated rings. The normalized spacial score (nSPS) is 10.2. The van der Waals surface area contributed by atoms with Gasteiger partial charge in [0.15, 0.2) is 0 Å². The second kappa shape index (κ2) is 6.20. The van der Waals surface area contributed by atoms with E-state index < -0.39 is 11.7 Å². The summed E-state index contributed by atoms with van der Waals surface area (Å²) < 4.78 is 0.505. The van der Waals surface area contributed by atoms with Crippen LogP contribution in [-0.4, -0.2) is 29.7 Å². The number of anilines is 1. The number of amides is 1. The molecule has 0 saturated carbocycles. The first-order chi connectivity index (χ1) is 8.42. The van der Waals surface area contributed by atoms with Gasteiger partial charge in [-0.25, -0.2) is 0 Å². The zero-order valence-corrected chi connectivity index (χ0v) is 12.5. The first-order valence-electron chi connectivity index (χ1n) is 5.50. The standard InChI is InChI=1S/C12H14BrClN2O2/c1-3-16(4-2)12(18)11(17)7-5-8(13)10(15)9(14)6-7/h5-6H,3-4,15H2,1-2H3. The molecule has 0 spiro atoms. The summed E-state index contributed by atoms with van der Waals surface area (Å²) in [6.07, 6.45) is 0. The Balaban J connectivity index is 3.08. The van der Waals surface area contributed by atoms with Gasteiger partial charge in [-0.2, -0.15) is 0 Å². The molecular weight excluding hydrogens is 320 g/mol. The van der Waals surface area contributed by atoms with E-state index in [4.69, 9.17) is 17.3 Å². The zero-order valence-electron chi connectivity index (χ0n) is 10.2. The molecule has 18 heavy (non-hydrogen) atoms. The fraction of sp³-hybridized carbons (Fsp3) is 0.333. The third-order valence-corrected chi connectivity index (χ3v) is 3.55. The molecule has 2 N–H and O–H groups in total. The number of carbonyl (C=O) groups excluding carboxylic acids is 2. The maximum atomic E-state index is 12.0. The number of carbonyl (C=O) groups is 2. The maximum absolute atomic E-state index is 12.0. The predicted octanol–water partition coefficient (Wildman–Crippen LogP) is 2.74. The van der Waals surface area contributed by atoms with Gasteiger partial charge in [0.05, 0.1) is 10.7 Å². The summed E-state index contributed by atoms with van der Waals surface area (Å²) in [7, 11) is 0. The Morgan fingerprint density at radius 1 is 1.33 bits per heavy atom. The van der Waals surface area contributed by atoms with Gasteiger partial charge in [-0.3, -0.25) is 9.59 Å². The van der Waals surface area contributed by atoms with Crippen LogP contribution in [0.1, 0.15) is 24.2 Å². The van der Waals surface area contributed by atoms with E-state index in [1.165, 1.54) is 17.0 Å². The summed E-state index contributed by atoms with van der Waals surface area (Å²) >= 11 is 9.08. The molecule has 0 aliphatic rings. The monoisotopic (exact) mass is 332 g/mol. The minimum atomic E-state index is -0.582. The van der Waals surface area contributed by atoms with Crippen molar-refractivity contribution in [1.82, 2.24) is 4.90 Å². The van der Waals surface area contributed by atoms with Crippen molar-refractivity contribution in [3.05, 3.63) is 27.2 Å². The second-order valence-corrected chi connectivity index (χ2v) is 4.92. The highest BCUT2D eigenvalue weighted by molar-refractivity contribution is 9.10. The lowest BCUT2D eigenvalue weighted by molar-refractivity contribution is -0.126. The maximum Gasteiger partial charge on any atom is 0.294 e. The van der Waals surface area contributed by atoms with Gasteiger partial charge in [-0.05, 0) is 41.9 Å². The lowest BCUT2D eigenvalue weighted by atomic mass is 10.1. The molecule has 0 aliphatic heterocycles. The van der Waals surface area contributed by atoms with Crippen LogP contribution in [0.4, 0.5) is 5.69 Å². The van der Waals surface area contributed by atoms with Crippen molar-refractivity contribution in [3.63, 3.8) is 0 Å². The van der Waals surface area contributed by atoms with E-state index in [0.29, 0.717) is 23.2 Å². The SMILES string of the molecule is CCN(CC)C(=O)C(=O)c1cc(Cl)c(N)c(Br)c1. The Hall–Kier alpha value is -1.07. The number of Topliss-reactive ketones (excluding diaryl/α,β-unsaturated/α-hetero) is 1. The molecule has 1 rings (SSSR count). The first kappa shape index (κ1) is 15.0. The van der Waals surface area contributed by atoms with Crippen LogP contribution >= 0.6 is 27.5 Å². The Morgan fingerprint density at radius 3 is 2.33 bits per heavy atom. The average Bonchev–Trinajstić information content (AvgIpc) is 2.35. The van der Waals surface area contributed by atoms with E-state index >= 15 is 0 Å². The largest absolute Gasteiger partial charge is 0.397 e. The predicted molar refractivity (Wildman–Crippen MR) is 75.8 cm³/mol. The number of ketones is 1. The summed E-state index contributed by atoms with van der Waals surface area (Å²) in [6, 6.07) is 2.91. The highest BCUT2D eigenvalue weighted by atomic mass is 79.9. The van der Waals surface area contributed by atoms with Crippen molar-refractivity contribution >= 4 is 44.9 Å². The summed E-state index contributed by atoms with van der Waals surface area (Å²) in [6.45, 7) is 4.62. The molecule has 1 aromatic rings. The summed E-state index contributed by atoms with van der Waals surface area (Å²) in [5.41, 5.74) is 6.24. The number of benzene rings is 1. The van der Waals surface area contributed by atoms with E-state index in [2.05, 4.69) is 15.9 Å². The lowest BCUT2D eigenvalue weighted by Crippen LogP contribution is -2.36. The molecule has 4 nitrogen and oxygen atoms in total. The Bertz CT molecular complexity index is 464. The molecule has 1 amide bonds. The van der Waals surface area contributed by atoms with Gasteiger partial charge in [0.25, 0.3) is 5.91 Å². The number of nitrogens with two attached hydrogens (primary N) is 1. The van der Waals surface area contributed by atoms with Gasteiger partial charge in [0.2, 0.25) is 5.78 Å². The van der Waals surface area contributed by atoms with Gasteiger partial charge < -0.3 is 10.6 Å². The number of likely N-dealkylation sites (N-methyl/N-ethyl adjacent to an activating group) is 1. The Labute approximate surface area is 119 Å². The molecule has 6 heteroatoms. The summed E-state index contributed by atoms with van der Waals surface area (Å²) in [4.78, 5) is 25.4. The van der Waals surface area contributed by atoms with Crippen LogP contribution in [-0.2, 0) is 4.79 Å². The fourth-order valence-corrected chi connectivity index (χ4v) is 2.29. The van der Waals surface area contributed by atoms with Crippen LogP contribution < -0.4 is 5.73 Å². The third kappa shape index (κ3) is 3.03. The number of nitrogen functional groups attached to an aromatic ring is 1. The minimum absolute atomic E-state index is 0.234. The molecule has 0 saturated heterocycles. The third-order valence-electron chi connectivity index (χ3n) is 2.59. The smallest absolute Gasteiger partial charge is 0.294 e. The topological polar surface area (TPSA) is 63.4 Å². The second-order valence-electron chi connectivity index (χ2n) is 3.66. The minimum Gasteiger partial charge on any atom is -0.397 e. The van der Waals surface area contributed by atoms with Crippen LogP contribution in [0.3, 0.4) is 0 Å². The molecule has 0 unspecified atom stereocenters. The summed E-state index contributed by atoms with van der Waals surface area (Å²) in [5.74, 6) is -1.12. The summed E-state index contributed by atoms with van der Waals surface area (Å²) in [5, 5.41) is 0.250. The van der Waals surface area contributed by atoms with Crippen molar-refractivity contribution in [2.75, 3.05) is 18.8 Å². The van der Waals surface area contributed by atoms with Crippen LogP contribution in [0.25, 0.3) is 0 Å². The number of rotatable bonds is 4. The molecule has 0 heterocycles. The zero-order chi connectivity index (χ0) is 13.9. The molecule has 98 valence electrons. The number of hydrogen-bond acceptors (Lipinski definition) is 3. The Morgan fingerprint density at radius 2 is 1.89 bits per heavy atom. The van der Waals surface area contributed by atoms with Crippen molar-refractivity contribution < 1.29 is 9.59 Å². The molecule has 0 bridgehead atoms. The first-order valence-corrected chi connectivity index (χ1v) is 6.67. The van der Waals surface area contributed by atoms with Crippen LogP contribution in [0.15, 0.2) is 16.6 Å². The van der Waals surface area contributed by atoms with Gasteiger partial charge in [0, 0.05) is 23.1 Å². The molecule has 0 aromatic heterocycles. The number of nitrogens with zero attached hydrogens (tertiary/aromatic N) is 1. The van der Waals surface area contributed by atoms with Crippen LogP contribution in [0.2, 0.25) is 5.02 Å².